The van der Waals surface area contributed by atoms with E-state index in [2.05, 4.69) is 5.32 Å². The molecule has 0 atom stereocenters. The van der Waals surface area contributed by atoms with Gasteiger partial charge in [-0.3, -0.25) is 9.10 Å². The Morgan fingerprint density at radius 2 is 1.74 bits per heavy atom. The second kappa shape index (κ2) is 8.52. The Kier molecular flexibility index (Phi) is 6.11. The molecule has 1 saturated heterocycles. The predicted octanol–water partition coefficient (Wildman–Crippen LogP) is 3.12. The van der Waals surface area contributed by atoms with Crippen molar-refractivity contribution >= 4 is 21.6 Å². The zero-order valence-electron chi connectivity index (χ0n) is 15.0. The fraction of sp³-hybridized carbons (Fsp3) is 0.350. The summed E-state index contributed by atoms with van der Waals surface area (Å²) in [6, 6.07) is 13.0. The molecule has 3 rings (SSSR count). The van der Waals surface area contributed by atoms with Crippen molar-refractivity contribution in [3.63, 3.8) is 0 Å². The molecule has 0 saturated carbocycles. The normalized spacial score (nSPS) is 16.1. The number of amides is 1. The number of sulfonamides is 1. The van der Waals surface area contributed by atoms with E-state index in [9.17, 15) is 17.6 Å². The van der Waals surface area contributed by atoms with Crippen molar-refractivity contribution < 1.29 is 17.6 Å². The van der Waals surface area contributed by atoms with E-state index in [0.717, 1.165) is 24.8 Å². The van der Waals surface area contributed by atoms with E-state index < -0.39 is 10.0 Å². The van der Waals surface area contributed by atoms with E-state index >= 15 is 0 Å². The summed E-state index contributed by atoms with van der Waals surface area (Å²) in [7, 11) is -3.25. The lowest BCUT2D eigenvalue weighted by molar-refractivity contribution is 0.0953. The molecule has 144 valence electrons. The number of aryl methyl sites for hydroxylation is 1. The first-order valence-electron chi connectivity index (χ1n) is 9.09. The van der Waals surface area contributed by atoms with Crippen molar-refractivity contribution in [3.8, 4) is 0 Å². The van der Waals surface area contributed by atoms with Crippen molar-refractivity contribution in [2.24, 2.45) is 0 Å². The van der Waals surface area contributed by atoms with E-state index in [-0.39, 0.29) is 17.5 Å². The quantitative estimate of drug-likeness (QED) is 0.771. The Hall–Kier alpha value is -2.41. The molecular weight excluding hydrogens is 367 g/mol. The van der Waals surface area contributed by atoms with Crippen LogP contribution in [0.15, 0.2) is 48.5 Å². The first-order chi connectivity index (χ1) is 13.0. The van der Waals surface area contributed by atoms with Gasteiger partial charge >= 0.3 is 0 Å². The van der Waals surface area contributed by atoms with Crippen LogP contribution < -0.4 is 9.62 Å². The highest BCUT2D eigenvalue weighted by molar-refractivity contribution is 7.92. The van der Waals surface area contributed by atoms with Crippen LogP contribution in [-0.4, -0.2) is 33.2 Å². The van der Waals surface area contributed by atoms with E-state index in [1.807, 2.05) is 0 Å². The van der Waals surface area contributed by atoms with Gasteiger partial charge in [0.05, 0.1) is 11.4 Å². The van der Waals surface area contributed by atoms with Crippen molar-refractivity contribution in [1.82, 2.24) is 5.32 Å². The molecule has 0 spiro atoms. The lowest BCUT2D eigenvalue weighted by Crippen LogP contribution is -2.37. The molecule has 7 heteroatoms. The van der Waals surface area contributed by atoms with Crippen molar-refractivity contribution in [2.45, 2.75) is 25.7 Å². The molecule has 1 amide bonds. The third-order valence-corrected chi connectivity index (χ3v) is 6.48. The molecule has 1 aliphatic rings. The minimum Gasteiger partial charge on any atom is -0.352 e. The highest BCUT2D eigenvalue weighted by Gasteiger charge is 2.25. The molecule has 1 aliphatic heterocycles. The third kappa shape index (κ3) is 5.07. The smallest absolute Gasteiger partial charge is 0.251 e. The largest absolute Gasteiger partial charge is 0.352 e. The number of halogens is 1. The number of nitrogens with zero attached hydrogens (tertiary/aromatic N) is 1. The Bertz CT molecular complexity index is 880. The summed E-state index contributed by atoms with van der Waals surface area (Å²) in [4.78, 5) is 12.2. The lowest BCUT2D eigenvalue weighted by atomic mass is 10.1. The summed E-state index contributed by atoms with van der Waals surface area (Å²) in [6.07, 6.45) is 3.04. The van der Waals surface area contributed by atoms with Gasteiger partial charge in [0, 0.05) is 18.7 Å². The number of hydrogen-bond acceptors (Lipinski definition) is 3. The number of rotatable bonds is 6. The van der Waals surface area contributed by atoms with Crippen LogP contribution in [0.1, 0.15) is 35.2 Å². The molecule has 0 bridgehead atoms. The van der Waals surface area contributed by atoms with Gasteiger partial charge < -0.3 is 5.32 Å². The first kappa shape index (κ1) is 19.4. The topological polar surface area (TPSA) is 66.5 Å². The standard InChI is InChI=1S/C20H23FN2O3S/c21-18-9-5-16(6-10-18)4-3-13-22-20(24)17-7-11-19(12-8-17)23-14-1-2-15-27(23,25)26/h5-12H,1-4,13-15H2,(H,22,24). The number of benzene rings is 2. The molecule has 0 radical (unpaired) electrons. The van der Waals surface area contributed by atoms with E-state index in [1.165, 1.54) is 16.4 Å². The number of carbonyl (C=O) groups is 1. The Labute approximate surface area is 159 Å². The van der Waals surface area contributed by atoms with Crippen LogP contribution >= 0.6 is 0 Å². The fourth-order valence-corrected chi connectivity index (χ4v) is 4.74. The summed E-state index contributed by atoms with van der Waals surface area (Å²) >= 11 is 0. The van der Waals surface area contributed by atoms with Gasteiger partial charge in [0.1, 0.15) is 5.82 Å². The summed E-state index contributed by atoms with van der Waals surface area (Å²) in [6.45, 7) is 0.996. The van der Waals surface area contributed by atoms with Gasteiger partial charge in [0.25, 0.3) is 5.91 Å². The Morgan fingerprint density at radius 3 is 2.41 bits per heavy atom. The van der Waals surface area contributed by atoms with E-state index in [0.29, 0.717) is 30.8 Å². The SMILES string of the molecule is O=C(NCCCc1ccc(F)cc1)c1ccc(N2CCCCS2(=O)=O)cc1. The molecular formula is C20H23FN2O3S. The molecule has 2 aromatic carbocycles. The van der Waals surface area contributed by atoms with Gasteiger partial charge in [-0.1, -0.05) is 12.1 Å². The maximum Gasteiger partial charge on any atom is 0.251 e. The average Bonchev–Trinajstić information content (AvgIpc) is 2.66. The molecule has 1 fully saturated rings. The van der Waals surface area contributed by atoms with Gasteiger partial charge in [-0.25, -0.2) is 12.8 Å². The summed E-state index contributed by atoms with van der Waals surface area (Å²) in [5.41, 5.74) is 2.12. The summed E-state index contributed by atoms with van der Waals surface area (Å²) in [5.74, 6) is -0.279. The van der Waals surface area contributed by atoms with Crippen LogP contribution in [0.4, 0.5) is 10.1 Å². The van der Waals surface area contributed by atoms with E-state index in [4.69, 9.17) is 0 Å². The molecule has 0 aliphatic carbocycles. The van der Waals surface area contributed by atoms with Crippen LogP contribution in [0.5, 0.6) is 0 Å². The minimum absolute atomic E-state index is 0.170. The first-order valence-corrected chi connectivity index (χ1v) is 10.7. The van der Waals surface area contributed by atoms with Gasteiger partial charge in [-0.05, 0) is 67.6 Å². The maximum atomic E-state index is 12.9. The highest BCUT2D eigenvalue weighted by atomic mass is 32.2. The zero-order valence-corrected chi connectivity index (χ0v) is 15.8. The van der Waals surface area contributed by atoms with Gasteiger partial charge in [-0.2, -0.15) is 0 Å². The zero-order chi connectivity index (χ0) is 19.3. The van der Waals surface area contributed by atoms with Crippen LogP contribution in [-0.2, 0) is 16.4 Å². The average molecular weight is 390 g/mol. The van der Waals surface area contributed by atoms with Crippen LogP contribution in [0.2, 0.25) is 0 Å². The number of nitrogens with one attached hydrogen (secondary N) is 1. The number of anilines is 1. The highest BCUT2D eigenvalue weighted by Crippen LogP contribution is 2.23. The molecule has 1 heterocycles. The van der Waals surface area contributed by atoms with Crippen LogP contribution in [0, 0.1) is 5.82 Å². The number of carbonyl (C=O) groups excluding carboxylic acids is 1. The molecule has 1 N–H and O–H groups in total. The Balaban J connectivity index is 1.51. The molecule has 0 unspecified atom stereocenters. The summed E-state index contributed by atoms with van der Waals surface area (Å²) in [5, 5.41) is 2.85. The second-order valence-electron chi connectivity index (χ2n) is 6.63. The molecule has 5 nitrogen and oxygen atoms in total. The van der Waals surface area contributed by atoms with Gasteiger partial charge in [0.15, 0.2) is 0 Å². The monoisotopic (exact) mass is 390 g/mol. The molecule has 27 heavy (non-hydrogen) atoms. The maximum absolute atomic E-state index is 12.9. The number of hydrogen-bond donors (Lipinski definition) is 1. The molecule has 2 aromatic rings. The van der Waals surface area contributed by atoms with Gasteiger partial charge in [0.2, 0.25) is 10.0 Å². The Morgan fingerprint density at radius 1 is 1.04 bits per heavy atom. The van der Waals surface area contributed by atoms with Crippen molar-refractivity contribution in [1.29, 1.82) is 0 Å². The fourth-order valence-electron chi connectivity index (χ4n) is 3.11. The lowest BCUT2D eigenvalue weighted by Gasteiger charge is -2.28. The van der Waals surface area contributed by atoms with Gasteiger partial charge in [-0.15, -0.1) is 0 Å². The minimum atomic E-state index is -3.25. The molecule has 0 aromatic heterocycles. The van der Waals surface area contributed by atoms with Crippen LogP contribution in [0.25, 0.3) is 0 Å². The van der Waals surface area contributed by atoms with Crippen LogP contribution in [0.3, 0.4) is 0 Å². The van der Waals surface area contributed by atoms with Crippen molar-refractivity contribution in [3.05, 3.63) is 65.5 Å². The van der Waals surface area contributed by atoms with E-state index in [1.54, 1.807) is 36.4 Å². The second-order valence-corrected chi connectivity index (χ2v) is 8.64. The third-order valence-electron chi connectivity index (χ3n) is 4.61. The summed E-state index contributed by atoms with van der Waals surface area (Å²) < 4.78 is 38.6. The predicted molar refractivity (Wildman–Crippen MR) is 104 cm³/mol. The van der Waals surface area contributed by atoms with Crippen molar-refractivity contribution in [2.75, 3.05) is 23.1 Å².